The summed E-state index contributed by atoms with van der Waals surface area (Å²) in [6.45, 7) is 8.65. The first-order chi connectivity index (χ1) is 20.1. The number of aliphatic carboxylic acids is 1. The molecule has 4 rings (SSSR count). The number of carboxylic acids is 1. The minimum absolute atomic E-state index is 0.0394. The highest BCUT2D eigenvalue weighted by Gasteiger charge is 2.27. The van der Waals surface area contributed by atoms with Crippen molar-refractivity contribution in [2.45, 2.75) is 64.8 Å². The number of carboxylic acid groups (broad SMARTS) is 1. The van der Waals surface area contributed by atoms with Crippen LogP contribution in [-0.2, 0) is 22.6 Å². The van der Waals surface area contributed by atoms with Crippen molar-refractivity contribution < 1.29 is 24.2 Å². The van der Waals surface area contributed by atoms with Gasteiger partial charge in [-0.2, -0.15) is 0 Å². The van der Waals surface area contributed by atoms with Gasteiger partial charge >= 0.3 is 12.1 Å². The van der Waals surface area contributed by atoms with Crippen LogP contribution in [0.5, 0.6) is 5.75 Å². The summed E-state index contributed by atoms with van der Waals surface area (Å²) in [5, 5.41) is 14.1. The number of nitrogens with one attached hydrogen (secondary N) is 2. The van der Waals surface area contributed by atoms with Crippen LogP contribution >= 0.6 is 0 Å². The van der Waals surface area contributed by atoms with Crippen LogP contribution in [0.1, 0.15) is 56.8 Å². The number of ether oxygens (including phenoxy) is 2. The Kier molecular flexibility index (Phi) is 10.3. The molecule has 222 valence electrons. The largest absolute Gasteiger partial charge is 0.489 e. The van der Waals surface area contributed by atoms with E-state index in [1.165, 1.54) is 0 Å². The van der Waals surface area contributed by atoms with E-state index in [4.69, 9.17) is 9.47 Å². The molecule has 0 aliphatic rings. The molecule has 2 atom stereocenters. The van der Waals surface area contributed by atoms with Crippen LogP contribution in [0.4, 0.5) is 4.79 Å². The third-order valence-electron chi connectivity index (χ3n) is 7.03. The second-order valence-corrected chi connectivity index (χ2v) is 11.5. The van der Waals surface area contributed by atoms with Crippen LogP contribution in [0.2, 0.25) is 0 Å². The van der Waals surface area contributed by atoms with Gasteiger partial charge in [-0.15, -0.1) is 0 Å². The summed E-state index contributed by atoms with van der Waals surface area (Å²) in [5.41, 5.74) is 3.38. The topological polar surface area (TPSA) is 104 Å². The summed E-state index contributed by atoms with van der Waals surface area (Å²) in [5.74, 6) is -0.164. The van der Waals surface area contributed by atoms with Gasteiger partial charge in [0.2, 0.25) is 0 Å². The van der Waals surface area contributed by atoms with E-state index in [-0.39, 0.29) is 18.5 Å². The molecule has 0 radical (unpaired) electrons. The Morgan fingerprint density at radius 1 is 1.00 bits per heavy atom. The second kappa shape index (κ2) is 14.0. The Labute approximate surface area is 247 Å². The number of aromatic amines is 1. The lowest BCUT2D eigenvalue weighted by molar-refractivity contribution is -0.137. The fraction of sp³-hybridized carbons (Fsp3) is 0.353. The number of carbonyl (C=O) groups is 2. The van der Waals surface area contributed by atoms with E-state index >= 15 is 0 Å². The fourth-order valence-electron chi connectivity index (χ4n) is 4.93. The van der Waals surface area contributed by atoms with Gasteiger partial charge in [-0.1, -0.05) is 60.7 Å². The molecule has 42 heavy (non-hydrogen) atoms. The predicted molar refractivity (Wildman–Crippen MR) is 165 cm³/mol. The Morgan fingerprint density at radius 2 is 1.74 bits per heavy atom. The molecule has 0 fully saturated rings. The summed E-state index contributed by atoms with van der Waals surface area (Å²) >= 11 is 0. The molecule has 0 bridgehead atoms. The molecule has 4 aromatic rings. The molecular weight excluding hydrogens is 530 g/mol. The van der Waals surface area contributed by atoms with E-state index in [0.717, 1.165) is 27.6 Å². The predicted octanol–water partition coefficient (Wildman–Crippen LogP) is 6.72. The van der Waals surface area contributed by atoms with Gasteiger partial charge in [0.25, 0.3) is 0 Å². The molecule has 1 aromatic heterocycles. The molecule has 0 spiro atoms. The Bertz CT molecular complexity index is 1460. The molecule has 8 nitrogen and oxygen atoms in total. The molecule has 1 amide bonds. The first-order valence-electron chi connectivity index (χ1n) is 14.4. The van der Waals surface area contributed by atoms with Gasteiger partial charge in [0, 0.05) is 36.2 Å². The zero-order valence-electron chi connectivity index (χ0n) is 24.8. The zero-order chi connectivity index (χ0) is 30.1. The molecule has 0 aliphatic carbocycles. The average molecular weight is 572 g/mol. The molecule has 0 saturated carbocycles. The number of aromatic nitrogens is 1. The summed E-state index contributed by atoms with van der Waals surface area (Å²) in [7, 11) is 0. The third kappa shape index (κ3) is 8.85. The Morgan fingerprint density at radius 3 is 2.48 bits per heavy atom. The summed E-state index contributed by atoms with van der Waals surface area (Å²) in [6, 6.07) is 25.0. The van der Waals surface area contributed by atoms with Crippen LogP contribution in [0, 0.1) is 0 Å². The van der Waals surface area contributed by atoms with E-state index in [1.807, 2.05) is 113 Å². The zero-order valence-corrected chi connectivity index (χ0v) is 24.8. The molecule has 1 unspecified atom stereocenters. The lowest BCUT2D eigenvalue weighted by atomic mass is 10.0. The van der Waals surface area contributed by atoms with Gasteiger partial charge in [-0.05, 0) is 69.0 Å². The van der Waals surface area contributed by atoms with Crippen molar-refractivity contribution in [3.05, 3.63) is 102 Å². The van der Waals surface area contributed by atoms with Gasteiger partial charge in [-0.25, -0.2) is 4.79 Å². The van der Waals surface area contributed by atoms with Crippen molar-refractivity contribution in [1.29, 1.82) is 0 Å². The molecule has 3 aromatic carbocycles. The van der Waals surface area contributed by atoms with Crippen LogP contribution in [0.15, 0.2) is 85.1 Å². The van der Waals surface area contributed by atoms with Crippen molar-refractivity contribution in [3.63, 3.8) is 0 Å². The molecule has 1 heterocycles. The standard InChI is InChI=1S/C34H41N3O5/c1-24(26-13-10-14-29(20-26)41-23-25-11-6-5-7-12-25)37(33(40)42-34(2,3)4)18-17-35-28(21-32(38)39)19-27-22-36-31-16-9-8-15-30(27)31/h5-16,20,22,24,28,35-36H,17-19,21,23H2,1-4H3,(H,38,39)/t24?,28-/m1/s1. The summed E-state index contributed by atoms with van der Waals surface area (Å²) in [6.07, 6.45) is 2.00. The first-order valence-corrected chi connectivity index (χ1v) is 14.4. The normalized spacial score (nSPS) is 13.0. The average Bonchev–Trinajstić information content (AvgIpc) is 3.36. The minimum Gasteiger partial charge on any atom is -0.489 e. The number of fused-ring (bicyclic) bond motifs is 1. The third-order valence-corrected chi connectivity index (χ3v) is 7.03. The van der Waals surface area contributed by atoms with E-state index in [2.05, 4.69) is 10.3 Å². The van der Waals surface area contributed by atoms with Gasteiger partial charge in [0.15, 0.2) is 0 Å². The Hall–Kier alpha value is -4.30. The van der Waals surface area contributed by atoms with Crippen LogP contribution in [0.25, 0.3) is 10.9 Å². The van der Waals surface area contributed by atoms with Gasteiger partial charge in [0.1, 0.15) is 18.0 Å². The second-order valence-electron chi connectivity index (χ2n) is 11.5. The molecule has 8 heteroatoms. The molecule has 0 saturated heterocycles. The molecule has 0 aliphatic heterocycles. The maximum Gasteiger partial charge on any atom is 0.410 e. The number of hydrogen-bond donors (Lipinski definition) is 3. The van der Waals surface area contributed by atoms with Crippen LogP contribution < -0.4 is 10.1 Å². The minimum atomic E-state index is -0.878. The number of hydrogen-bond acceptors (Lipinski definition) is 5. The highest BCUT2D eigenvalue weighted by molar-refractivity contribution is 5.83. The quantitative estimate of drug-likeness (QED) is 0.165. The maximum atomic E-state index is 13.4. The number of carbonyl (C=O) groups excluding carboxylic acids is 1. The van der Waals surface area contributed by atoms with Crippen molar-refractivity contribution >= 4 is 23.0 Å². The van der Waals surface area contributed by atoms with E-state index in [9.17, 15) is 14.7 Å². The van der Waals surface area contributed by atoms with Crippen molar-refractivity contribution in [2.75, 3.05) is 13.1 Å². The number of amides is 1. The smallest absolute Gasteiger partial charge is 0.410 e. The van der Waals surface area contributed by atoms with E-state index in [1.54, 1.807) is 4.90 Å². The summed E-state index contributed by atoms with van der Waals surface area (Å²) in [4.78, 5) is 30.0. The fourth-order valence-corrected chi connectivity index (χ4v) is 4.93. The number of H-pyrrole nitrogens is 1. The lowest BCUT2D eigenvalue weighted by Crippen LogP contribution is -2.44. The Balaban J connectivity index is 1.46. The van der Waals surface area contributed by atoms with Crippen molar-refractivity contribution in [3.8, 4) is 5.75 Å². The number of rotatable bonds is 13. The van der Waals surface area contributed by atoms with Crippen molar-refractivity contribution in [1.82, 2.24) is 15.2 Å². The van der Waals surface area contributed by atoms with Gasteiger partial charge in [-0.3, -0.25) is 4.79 Å². The molecular formula is C34H41N3O5. The van der Waals surface area contributed by atoms with Crippen molar-refractivity contribution in [2.24, 2.45) is 0 Å². The lowest BCUT2D eigenvalue weighted by Gasteiger charge is -2.32. The van der Waals surface area contributed by atoms with Gasteiger partial charge in [0.05, 0.1) is 12.5 Å². The maximum absolute atomic E-state index is 13.4. The van der Waals surface area contributed by atoms with E-state index < -0.39 is 17.7 Å². The number of para-hydroxylation sites is 1. The number of benzene rings is 3. The molecule has 3 N–H and O–H groups in total. The highest BCUT2D eigenvalue weighted by atomic mass is 16.6. The monoisotopic (exact) mass is 571 g/mol. The van der Waals surface area contributed by atoms with Gasteiger partial charge < -0.3 is 29.8 Å². The van der Waals surface area contributed by atoms with Crippen LogP contribution in [-0.4, -0.2) is 51.8 Å². The number of nitrogens with zero attached hydrogens (tertiary/aromatic N) is 1. The summed E-state index contributed by atoms with van der Waals surface area (Å²) < 4.78 is 11.8. The highest BCUT2D eigenvalue weighted by Crippen LogP contribution is 2.26. The van der Waals surface area contributed by atoms with E-state index in [0.29, 0.717) is 31.9 Å². The SMILES string of the molecule is CC(c1cccc(OCc2ccccc2)c1)N(CCN[C@@H](CC(=O)O)Cc1c[nH]c2ccccc12)C(=O)OC(C)(C)C. The van der Waals surface area contributed by atoms with Crippen LogP contribution in [0.3, 0.4) is 0 Å². The first kappa shape index (κ1) is 30.7.